The Balaban J connectivity index is 1.85. The second-order valence-electron chi connectivity index (χ2n) is 4.40. The Morgan fingerprint density at radius 2 is 1.95 bits per heavy atom. The Hall–Kier alpha value is -2.50. The van der Waals surface area contributed by atoms with Gasteiger partial charge in [-0.3, -0.25) is 0 Å². The van der Waals surface area contributed by atoms with Crippen LogP contribution in [0.4, 0.5) is 0 Å². The summed E-state index contributed by atoms with van der Waals surface area (Å²) in [5, 5.41) is 3.80. The Kier molecular flexibility index (Phi) is 4.81. The van der Waals surface area contributed by atoms with Crippen LogP contribution < -0.4 is 9.47 Å². The molecule has 0 aliphatic rings. The van der Waals surface area contributed by atoms with Gasteiger partial charge in [0.15, 0.2) is 18.1 Å². The van der Waals surface area contributed by atoms with E-state index in [1.165, 1.54) is 7.11 Å². The number of hydrogen-bond donors (Lipinski definition) is 0. The number of para-hydroxylation sites is 2. The zero-order chi connectivity index (χ0) is 15.2. The van der Waals surface area contributed by atoms with E-state index >= 15 is 0 Å². The third-order valence-corrected chi connectivity index (χ3v) is 2.97. The third kappa shape index (κ3) is 3.75. The fraction of sp³-hybridized carbons (Fsp3) is 0.333. The first-order valence-electron chi connectivity index (χ1n) is 6.45. The lowest BCUT2D eigenvalue weighted by Gasteiger charge is -2.10. The molecule has 1 aromatic carbocycles. The van der Waals surface area contributed by atoms with Gasteiger partial charge in [0, 0.05) is 0 Å². The van der Waals surface area contributed by atoms with Crippen molar-refractivity contribution in [2.24, 2.45) is 0 Å². The molecule has 0 saturated heterocycles. The molecule has 0 spiro atoms. The van der Waals surface area contributed by atoms with E-state index in [-0.39, 0.29) is 13.2 Å². The normalized spacial score (nSPS) is 10.2. The Labute approximate surface area is 122 Å². The minimum Gasteiger partial charge on any atom is -0.493 e. The molecular formula is C15H17NO5. The summed E-state index contributed by atoms with van der Waals surface area (Å²) in [5.41, 5.74) is 1.49. The second kappa shape index (κ2) is 6.78. The molecule has 112 valence electrons. The maximum Gasteiger partial charge on any atom is 0.344 e. The van der Waals surface area contributed by atoms with Crippen LogP contribution in [0.2, 0.25) is 0 Å². The largest absolute Gasteiger partial charge is 0.493 e. The predicted octanol–water partition coefficient (Wildman–Crippen LogP) is 2.42. The van der Waals surface area contributed by atoms with Gasteiger partial charge in [0.2, 0.25) is 0 Å². The fourth-order valence-electron chi connectivity index (χ4n) is 1.78. The molecule has 2 rings (SSSR count). The monoisotopic (exact) mass is 291 g/mol. The predicted molar refractivity (Wildman–Crippen MR) is 74.3 cm³/mol. The molecule has 0 aliphatic carbocycles. The van der Waals surface area contributed by atoms with Crippen LogP contribution in [0.15, 0.2) is 28.8 Å². The van der Waals surface area contributed by atoms with Gasteiger partial charge < -0.3 is 18.7 Å². The Bertz CT molecular complexity index is 601. The molecule has 0 bridgehead atoms. The number of rotatable bonds is 6. The lowest BCUT2D eigenvalue weighted by atomic mass is 10.2. The number of esters is 1. The lowest BCUT2D eigenvalue weighted by Crippen LogP contribution is -2.15. The standard InChI is InChI=1S/C15H17NO5/c1-10-12(11(2)21-16-10)8-20-15(17)9-19-14-7-5-4-6-13(14)18-3/h4-7H,8-9H2,1-3H3. The number of carbonyl (C=O) groups is 1. The molecule has 0 fully saturated rings. The second-order valence-corrected chi connectivity index (χ2v) is 4.40. The number of aromatic nitrogens is 1. The van der Waals surface area contributed by atoms with Crippen molar-refractivity contribution in [2.45, 2.75) is 20.5 Å². The summed E-state index contributed by atoms with van der Waals surface area (Å²) in [6.45, 7) is 3.50. The quantitative estimate of drug-likeness (QED) is 0.761. The molecule has 6 heteroatoms. The van der Waals surface area contributed by atoms with Crippen LogP contribution in [-0.4, -0.2) is 24.8 Å². The van der Waals surface area contributed by atoms with Crippen LogP contribution in [0, 0.1) is 13.8 Å². The summed E-state index contributed by atoms with van der Waals surface area (Å²) in [5.74, 6) is 1.23. The lowest BCUT2D eigenvalue weighted by molar-refractivity contribution is -0.147. The molecule has 0 N–H and O–H groups in total. The van der Waals surface area contributed by atoms with Gasteiger partial charge in [0.25, 0.3) is 0 Å². The van der Waals surface area contributed by atoms with E-state index in [1.807, 2.05) is 6.07 Å². The molecule has 21 heavy (non-hydrogen) atoms. The van der Waals surface area contributed by atoms with Crippen LogP contribution in [0.25, 0.3) is 0 Å². The Morgan fingerprint density at radius 3 is 2.57 bits per heavy atom. The van der Waals surface area contributed by atoms with Gasteiger partial charge in [0.1, 0.15) is 12.4 Å². The third-order valence-electron chi connectivity index (χ3n) is 2.97. The first-order chi connectivity index (χ1) is 10.1. The van der Waals surface area contributed by atoms with E-state index in [1.54, 1.807) is 32.0 Å². The number of methoxy groups -OCH3 is 1. The molecule has 2 aromatic rings. The van der Waals surface area contributed by atoms with Crippen LogP contribution in [0.5, 0.6) is 11.5 Å². The van der Waals surface area contributed by atoms with E-state index in [2.05, 4.69) is 5.16 Å². The number of hydrogen-bond acceptors (Lipinski definition) is 6. The SMILES string of the molecule is COc1ccccc1OCC(=O)OCc1c(C)noc1C. The minimum atomic E-state index is -0.471. The van der Waals surface area contributed by atoms with Crippen molar-refractivity contribution in [1.82, 2.24) is 5.16 Å². The fourth-order valence-corrected chi connectivity index (χ4v) is 1.78. The van der Waals surface area contributed by atoms with Crippen LogP contribution >= 0.6 is 0 Å². The van der Waals surface area contributed by atoms with Gasteiger partial charge in [-0.15, -0.1) is 0 Å². The summed E-state index contributed by atoms with van der Waals surface area (Å²) in [4.78, 5) is 11.7. The van der Waals surface area contributed by atoms with Crippen molar-refractivity contribution < 1.29 is 23.5 Å². The average molecular weight is 291 g/mol. The van der Waals surface area contributed by atoms with Crippen molar-refractivity contribution in [3.8, 4) is 11.5 Å². The van der Waals surface area contributed by atoms with Gasteiger partial charge in [-0.1, -0.05) is 17.3 Å². The number of ether oxygens (including phenoxy) is 3. The first kappa shape index (κ1) is 14.9. The number of benzene rings is 1. The van der Waals surface area contributed by atoms with Crippen molar-refractivity contribution in [1.29, 1.82) is 0 Å². The molecular weight excluding hydrogens is 274 g/mol. The van der Waals surface area contributed by atoms with Gasteiger partial charge in [-0.25, -0.2) is 4.79 Å². The smallest absolute Gasteiger partial charge is 0.344 e. The molecule has 6 nitrogen and oxygen atoms in total. The highest BCUT2D eigenvalue weighted by molar-refractivity contribution is 5.71. The van der Waals surface area contributed by atoms with Crippen molar-refractivity contribution in [2.75, 3.05) is 13.7 Å². The highest BCUT2D eigenvalue weighted by Crippen LogP contribution is 2.25. The van der Waals surface area contributed by atoms with E-state index in [0.29, 0.717) is 23.0 Å². The maximum absolute atomic E-state index is 11.7. The molecule has 0 unspecified atom stereocenters. The van der Waals surface area contributed by atoms with E-state index in [0.717, 1.165) is 5.56 Å². The summed E-state index contributed by atoms with van der Waals surface area (Å²) in [7, 11) is 1.54. The topological polar surface area (TPSA) is 70.8 Å². The maximum atomic E-state index is 11.7. The molecule has 0 atom stereocenters. The summed E-state index contributed by atoms with van der Waals surface area (Å²) in [6.07, 6.45) is 0. The first-order valence-corrected chi connectivity index (χ1v) is 6.45. The van der Waals surface area contributed by atoms with Gasteiger partial charge >= 0.3 is 5.97 Å². The Morgan fingerprint density at radius 1 is 1.24 bits per heavy atom. The molecule has 0 radical (unpaired) electrons. The molecule has 1 heterocycles. The van der Waals surface area contributed by atoms with E-state index in [9.17, 15) is 4.79 Å². The van der Waals surface area contributed by atoms with Crippen molar-refractivity contribution >= 4 is 5.97 Å². The van der Waals surface area contributed by atoms with E-state index < -0.39 is 5.97 Å². The zero-order valence-electron chi connectivity index (χ0n) is 12.2. The molecule has 0 aliphatic heterocycles. The van der Waals surface area contributed by atoms with Gasteiger partial charge in [-0.2, -0.15) is 0 Å². The van der Waals surface area contributed by atoms with Gasteiger partial charge in [-0.05, 0) is 26.0 Å². The van der Waals surface area contributed by atoms with Crippen LogP contribution in [-0.2, 0) is 16.1 Å². The summed E-state index contributed by atoms with van der Waals surface area (Å²) >= 11 is 0. The van der Waals surface area contributed by atoms with Crippen molar-refractivity contribution in [3.63, 3.8) is 0 Å². The number of nitrogens with zero attached hydrogens (tertiary/aromatic N) is 1. The average Bonchev–Trinajstić information content (AvgIpc) is 2.82. The van der Waals surface area contributed by atoms with Gasteiger partial charge in [0.05, 0.1) is 18.4 Å². The molecule has 0 amide bonds. The van der Waals surface area contributed by atoms with Crippen LogP contribution in [0.1, 0.15) is 17.0 Å². The number of carbonyl (C=O) groups excluding carboxylic acids is 1. The highest BCUT2D eigenvalue weighted by Gasteiger charge is 2.13. The molecule has 0 saturated carbocycles. The minimum absolute atomic E-state index is 0.120. The number of aryl methyl sites for hydroxylation is 2. The zero-order valence-corrected chi connectivity index (χ0v) is 12.2. The summed E-state index contributed by atoms with van der Waals surface area (Å²) < 4.78 is 20.6. The molecule has 1 aromatic heterocycles. The van der Waals surface area contributed by atoms with E-state index in [4.69, 9.17) is 18.7 Å². The highest BCUT2D eigenvalue weighted by atomic mass is 16.6. The van der Waals surface area contributed by atoms with Crippen LogP contribution in [0.3, 0.4) is 0 Å². The van der Waals surface area contributed by atoms with Crippen molar-refractivity contribution in [3.05, 3.63) is 41.3 Å². The summed E-state index contributed by atoms with van der Waals surface area (Å²) in [6, 6.07) is 7.10.